The Bertz CT molecular complexity index is 755. The zero-order chi connectivity index (χ0) is 13.2. The molecule has 0 aliphatic heterocycles. The summed E-state index contributed by atoms with van der Waals surface area (Å²) in [6.07, 6.45) is 1.85. The molecule has 2 aromatic heterocycles. The molecule has 0 radical (unpaired) electrons. The lowest BCUT2D eigenvalue weighted by atomic mass is 10.2. The summed E-state index contributed by atoms with van der Waals surface area (Å²) in [6.45, 7) is 1.79. The first-order chi connectivity index (χ1) is 9.28. The fraction of sp³-hybridized carbons (Fsp3) is 0.154. The fourth-order valence-corrected chi connectivity index (χ4v) is 2.36. The van der Waals surface area contributed by atoms with Crippen molar-refractivity contribution in [2.45, 2.75) is 17.4 Å². The van der Waals surface area contributed by atoms with E-state index in [1.165, 1.54) is 11.8 Å². The van der Waals surface area contributed by atoms with E-state index in [0.29, 0.717) is 11.1 Å². The van der Waals surface area contributed by atoms with E-state index in [2.05, 4.69) is 21.3 Å². The Morgan fingerprint density at radius 1 is 1.37 bits per heavy atom. The van der Waals surface area contributed by atoms with E-state index in [1.807, 2.05) is 30.5 Å². The number of aromatic amines is 1. The minimum Gasteiger partial charge on any atom is -0.411 e. The van der Waals surface area contributed by atoms with E-state index in [-0.39, 0.29) is 5.25 Å². The second kappa shape index (κ2) is 4.78. The Labute approximate surface area is 113 Å². The van der Waals surface area contributed by atoms with E-state index >= 15 is 0 Å². The van der Waals surface area contributed by atoms with Crippen LogP contribution in [0.1, 0.15) is 6.92 Å². The Morgan fingerprint density at radius 2 is 2.21 bits per heavy atom. The van der Waals surface area contributed by atoms with Crippen LogP contribution in [0.25, 0.3) is 22.4 Å². The van der Waals surface area contributed by atoms with Crippen LogP contribution in [0, 0.1) is 11.3 Å². The summed E-state index contributed by atoms with van der Waals surface area (Å²) in [5.74, 6) is 0.463. The van der Waals surface area contributed by atoms with Crippen molar-refractivity contribution in [1.82, 2.24) is 15.2 Å². The van der Waals surface area contributed by atoms with Gasteiger partial charge in [0.25, 0.3) is 11.1 Å². The Balaban J connectivity index is 1.97. The van der Waals surface area contributed by atoms with Crippen molar-refractivity contribution >= 4 is 22.7 Å². The summed E-state index contributed by atoms with van der Waals surface area (Å²) in [5.41, 5.74) is 1.90. The molecule has 1 atom stereocenters. The van der Waals surface area contributed by atoms with Gasteiger partial charge in [-0.15, -0.1) is 10.2 Å². The molecule has 0 bridgehead atoms. The standard InChI is InChI=1S/C13H10N4OS/c1-8(6-14)19-13-17-16-12(18-13)10-7-15-11-5-3-2-4-9(10)11/h2-5,7-8,15H,1H3/t8-/m0/s1. The van der Waals surface area contributed by atoms with Crippen LogP contribution in [0.15, 0.2) is 40.1 Å². The van der Waals surface area contributed by atoms with Gasteiger partial charge in [-0.25, -0.2) is 0 Å². The third-order valence-corrected chi connectivity index (χ3v) is 3.51. The van der Waals surface area contributed by atoms with Crippen molar-refractivity contribution in [2.75, 3.05) is 0 Å². The van der Waals surface area contributed by atoms with Crippen molar-refractivity contribution in [3.8, 4) is 17.5 Å². The van der Waals surface area contributed by atoms with Gasteiger partial charge in [-0.05, 0) is 24.8 Å². The van der Waals surface area contributed by atoms with Gasteiger partial charge in [-0.1, -0.05) is 18.2 Å². The largest absolute Gasteiger partial charge is 0.411 e. The van der Waals surface area contributed by atoms with Crippen molar-refractivity contribution in [3.05, 3.63) is 30.5 Å². The van der Waals surface area contributed by atoms with Crippen LogP contribution >= 0.6 is 11.8 Å². The van der Waals surface area contributed by atoms with Gasteiger partial charge in [0.2, 0.25) is 0 Å². The minimum absolute atomic E-state index is 0.212. The molecule has 5 nitrogen and oxygen atoms in total. The van der Waals surface area contributed by atoms with Crippen molar-refractivity contribution in [1.29, 1.82) is 5.26 Å². The van der Waals surface area contributed by atoms with Crippen LogP contribution in [0.2, 0.25) is 0 Å². The molecule has 0 unspecified atom stereocenters. The van der Waals surface area contributed by atoms with Crippen LogP contribution < -0.4 is 0 Å². The lowest BCUT2D eigenvalue weighted by Gasteiger charge is -1.94. The summed E-state index contributed by atoms with van der Waals surface area (Å²) < 4.78 is 5.58. The number of nitrogens with one attached hydrogen (secondary N) is 1. The topological polar surface area (TPSA) is 78.5 Å². The molecule has 0 amide bonds. The molecule has 3 aromatic rings. The molecule has 3 rings (SSSR count). The summed E-state index contributed by atoms with van der Waals surface area (Å²) in [5, 5.41) is 18.0. The van der Waals surface area contributed by atoms with Gasteiger partial charge in [-0.2, -0.15) is 5.26 Å². The maximum absolute atomic E-state index is 8.76. The number of nitriles is 1. The average molecular weight is 270 g/mol. The average Bonchev–Trinajstić information content (AvgIpc) is 3.04. The summed E-state index contributed by atoms with van der Waals surface area (Å²) in [6, 6.07) is 10.0. The highest BCUT2D eigenvalue weighted by Crippen LogP contribution is 2.30. The number of nitrogens with zero attached hydrogens (tertiary/aromatic N) is 3. The highest BCUT2D eigenvalue weighted by atomic mass is 32.2. The Hall–Kier alpha value is -2.26. The zero-order valence-electron chi connectivity index (χ0n) is 10.1. The number of thioether (sulfide) groups is 1. The minimum atomic E-state index is -0.212. The van der Waals surface area contributed by atoms with E-state index < -0.39 is 0 Å². The van der Waals surface area contributed by atoms with E-state index in [9.17, 15) is 0 Å². The van der Waals surface area contributed by atoms with Crippen LogP contribution in [0.4, 0.5) is 0 Å². The van der Waals surface area contributed by atoms with Crippen molar-refractivity contribution in [3.63, 3.8) is 0 Å². The van der Waals surface area contributed by atoms with Gasteiger partial charge in [0.05, 0.1) is 16.9 Å². The van der Waals surface area contributed by atoms with Crippen molar-refractivity contribution < 1.29 is 4.42 Å². The predicted octanol–water partition coefficient (Wildman–Crippen LogP) is 3.22. The smallest absolute Gasteiger partial charge is 0.278 e. The molecule has 1 aromatic carbocycles. The highest BCUT2D eigenvalue weighted by Gasteiger charge is 2.14. The van der Waals surface area contributed by atoms with Gasteiger partial charge >= 0.3 is 0 Å². The molecule has 0 fully saturated rings. The summed E-state index contributed by atoms with van der Waals surface area (Å²) in [7, 11) is 0. The number of hydrogen-bond acceptors (Lipinski definition) is 5. The third-order valence-electron chi connectivity index (χ3n) is 2.69. The molecular formula is C13H10N4OS. The van der Waals surface area contributed by atoms with Gasteiger partial charge in [0.15, 0.2) is 0 Å². The normalized spacial score (nSPS) is 12.4. The highest BCUT2D eigenvalue weighted by molar-refractivity contribution is 7.99. The molecule has 94 valence electrons. The molecule has 0 aliphatic rings. The van der Waals surface area contributed by atoms with Gasteiger partial charge in [-0.3, -0.25) is 0 Å². The molecule has 0 saturated carbocycles. The number of H-pyrrole nitrogens is 1. The van der Waals surface area contributed by atoms with E-state index in [1.54, 1.807) is 6.92 Å². The van der Waals surface area contributed by atoms with Crippen LogP contribution in [0.3, 0.4) is 0 Å². The Kier molecular flexibility index (Phi) is 2.97. The Morgan fingerprint density at radius 3 is 3.05 bits per heavy atom. The molecule has 0 saturated heterocycles. The first-order valence-electron chi connectivity index (χ1n) is 5.74. The molecular weight excluding hydrogens is 260 g/mol. The first-order valence-corrected chi connectivity index (χ1v) is 6.62. The SMILES string of the molecule is C[C@@H](C#N)Sc1nnc(-c2c[nH]c3ccccc23)o1. The monoisotopic (exact) mass is 270 g/mol. The quantitative estimate of drug-likeness (QED) is 0.739. The summed E-state index contributed by atoms with van der Waals surface area (Å²) in [4.78, 5) is 3.16. The molecule has 2 heterocycles. The number of rotatable bonds is 3. The zero-order valence-corrected chi connectivity index (χ0v) is 10.9. The third kappa shape index (κ3) is 2.20. The molecule has 1 N–H and O–H groups in total. The molecule has 0 spiro atoms. The first kappa shape index (κ1) is 11.8. The van der Waals surface area contributed by atoms with Crippen LogP contribution in [-0.2, 0) is 0 Å². The second-order valence-electron chi connectivity index (χ2n) is 4.01. The lowest BCUT2D eigenvalue weighted by molar-refractivity contribution is 0.466. The maximum atomic E-state index is 8.76. The van der Waals surface area contributed by atoms with Gasteiger partial charge < -0.3 is 9.40 Å². The van der Waals surface area contributed by atoms with Crippen molar-refractivity contribution in [2.24, 2.45) is 0 Å². The number of fused-ring (bicyclic) bond motifs is 1. The fourth-order valence-electron chi connectivity index (χ4n) is 1.79. The predicted molar refractivity (Wildman–Crippen MR) is 72.5 cm³/mol. The van der Waals surface area contributed by atoms with Gasteiger partial charge in [0, 0.05) is 17.1 Å². The van der Waals surface area contributed by atoms with E-state index in [0.717, 1.165) is 16.5 Å². The number of para-hydroxylation sites is 1. The molecule has 0 aliphatic carbocycles. The molecule has 6 heteroatoms. The number of aromatic nitrogens is 3. The van der Waals surface area contributed by atoms with Crippen LogP contribution in [0.5, 0.6) is 0 Å². The van der Waals surface area contributed by atoms with E-state index in [4.69, 9.17) is 9.68 Å². The maximum Gasteiger partial charge on any atom is 0.278 e. The number of hydrogen-bond donors (Lipinski definition) is 1. The molecule has 19 heavy (non-hydrogen) atoms. The summed E-state index contributed by atoms with van der Waals surface area (Å²) >= 11 is 1.26. The second-order valence-corrected chi connectivity index (χ2v) is 5.30. The van der Waals surface area contributed by atoms with Crippen LogP contribution in [-0.4, -0.2) is 20.4 Å². The van der Waals surface area contributed by atoms with Gasteiger partial charge in [0.1, 0.15) is 0 Å². The lowest BCUT2D eigenvalue weighted by Crippen LogP contribution is -1.88. The number of benzene rings is 1.